The van der Waals surface area contributed by atoms with E-state index in [2.05, 4.69) is 152 Å². The number of thiophene rings is 1. The molecule has 258 valence electrons. The van der Waals surface area contributed by atoms with Gasteiger partial charge in [0, 0.05) is 37.9 Å². The Morgan fingerprint density at radius 3 is 1.27 bits per heavy atom. The van der Waals surface area contributed by atoms with Crippen molar-refractivity contribution < 1.29 is 0 Å². The van der Waals surface area contributed by atoms with Gasteiger partial charge in [-0.1, -0.05) is 164 Å². The van der Waals surface area contributed by atoms with Gasteiger partial charge in [0.1, 0.15) is 0 Å². The quantitative estimate of drug-likeness (QED) is 0.164. The van der Waals surface area contributed by atoms with E-state index in [1.807, 2.05) is 42.5 Å². The van der Waals surface area contributed by atoms with E-state index < -0.39 is 0 Å². The van der Waals surface area contributed by atoms with Crippen molar-refractivity contribution in [3.63, 3.8) is 0 Å². The molecule has 0 aliphatic carbocycles. The van der Waals surface area contributed by atoms with Gasteiger partial charge in [0.2, 0.25) is 0 Å². The van der Waals surface area contributed by atoms with Crippen LogP contribution in [-0.4, -0.2) is 19.9 Å². The first-order valence-electron chi connectivity index (χ1n) is 18.3. The zero-order valence-corrected chi connectivity index (χ0v) is 30.5. The van der Waals surface area contributed by atoms with Crippen LogP contribution in [0.25, 0.3) is 99.1 Å². The molecular weight excluding hydrogens is 689 g/mol. The van der Waals surface area contributed by atoms with Gasteiger partial charge in [-0.15, -0.1) is 11.3 Å². The van der Waals surface area contributed by atoms with Gasteiger partial charge in [-0.25, -0.2) is 19.9 Å². The van der Waals surface area contributed by atoms with Crippen LogP contribution in [0.4, 0.5) is 0 Å². The van der Waals surface area contributed by atoms with E-state index in [1.165, 1.54) is 4.70 Å². The average Bonchev–Trinajstić information content (AvgIpc) is 3.66. The van der Waals surface area contributed by atoms with Gasteiger partial charge in [0.25, 0.3) is 0 Å². The Morgan fingerprint density at radius 1 is 0.309 bits per heavy atom. The summed E-state index contributed by atoms with van der Waals surface area (Å²) in [6.07, 6.45) is 0. The van der Waals surface area contributed by atoms with Crippen molar-refractivity contribution in [3.8, 4) is 78.8 Å². The standard InChI is InChI=1S/C50H32N4S/c1-4-15-33(16-5-1)43-32-44(34-17-6-2-7-18-34)52-49(51-43)40-25-13-23-38(30-40)36-21-12-22-37(29-36)39-24-14-26-41(31-39)50-53-46(35-19-8-3-9-20-35)48-47(54-50)42-27-10-11-28-45(42)55-48/h1-32H. The SMILES string of the molecule is c1ccc(-c2cc(-c3ccccc3)nc(-c3cccc(-c4cccc(-c5cccc(-c6nc(-c7ccccc7)c7sc8ccccc8c7n6)c5)c4)c3)n2)cc1. The number of benzene rings is 7. The minimum absolute atomic E-state index is 0.691. The predicted octanol–water partition coefficient (Wildman–Crippen LogP) is 13.3. The molecular formula is C50H32N4S. The first-order valence-corrected chi connectivity index (χ1v) is 19.1. The lowest BCUT2D eigenvalue weighted by Gasteiger charge is -2.11. The molecule has 0 aliphatic rings. The summed E-state index contributed by atoms with van der Waals surface area (Å²) in [5.74, 6) is 1.41. The van der Waals surface area contributed by atoms with E-state index >= 15 is 0 Å². The molecule has 4 nitrogen and oxygen atoms in total. The molecule has 3 aromatic heterocycles. The van der Waals surface area contributed by atoms with Crippen LogP contribution in [0.3, 0.4) is 0 Å². The average molecular weight is 721 g/mol. The fraction of sp³-hybridized carbons (Fsp3) is 0. The number of hydrogen-bond acceptors (Lipinski definition) is 5. The molecule has 0 amide bonds. The molecule has 0 radical (unpaired) electrons. The number of fused-ring (bicyclic) bond motifs is 3. The van der Waals surface area contributed by atoms with Crippen molar-refractivity contribution in [2.45, 2.75) is 0 Å². The van der Waals surface area contributed by atoms with E-state index in [0.717, 1.165) is 82.8 Å². The minimum atomic E-state index is 0.691. The van der Waals surface area contributed by atoms with Crippen molar-refractivity contribution in [1.82, 2.24) is 19.9 Å². The van der Waals surface area contributed by atoms with Crippen molar-refractivity contribution in [1.29, 1.82) is 0 Å². The number of aromatic nitrogens is 4. The molecule has 0 unspecified atom stereocenters. The van der Waals surface area contributed by atoms with Crippen LogP contribution >= 0.6 is 11.3 Å². The maximum absolute atomic E-state index is 5.21. The lowest BCUT2D eigenvalue weighted by Crippen LogP contribution is -1.96. The van der Waals surface area contributed by atoms with E-state index in [-0.39, 0.29) is 0 Å². The van der Waals surface area contributed by atoms with Crippen LogP contribution in [0, 0.1) is 0 Å². The molecule has 7 aromatic carbocycles. The van der Waals surface area contributed by atoms with Crippen LogP contribution < -0.4 is 0 Å². The molecule has 55 heavy (non-hydrogen) atoms. The topological polar surface area (TPSA) is 51.6 Å². The van der Waals surface area contributed by atoms with Gasteiger partial charge in [0.05, 0.1) is 27.3 Å². The molecule has 0 spiro atoms. The second kappa shape index (κ2) is 14.0. The highest BCUT2D eigenvalue weighted by Crippen LogP contribution is 2.40. The molecule has 5 heteroatoms. The molecule has 0 atom stereocenters. The lowest BCUT2D eigenvalue weighted by atomic mass is 9.96. The molecule has 0 N–H and O–H groups in total. The van der Waals surface area contributed by atoms with Crippen LogP contribution in [-0.2, 0) is 0 Å². The largest absolute Gasteiger partial charge is 0.228 e. The zero-order chi connectivity index (χ0) is 36.6. The van der Waals surface area contributed by atoms with Gasteiger partial charge < -0.3 is 0 Å². The summed E-state index contributed by atoms with van der Waals surface area (Å²) in [6, 6.07) is 67.4. The Labute approximate surface area is 323 Å². The zero-order valence-electron chi connectivity index (χ0n) is 29.7. The van der Waals surface area contributed by atoms with Crippen molar-refractivity contribution in [2.75, 3.05) is 0 Å². The predicted molar refractivity (Wildman–Crippen MR) is 229 cm³/mol. The number of rotatable bonds is 7. The second-order valence-electron chi connectivity index (χ2n) is 13.5. The third-order valence-electron chi connectivity index (χ3n) is 9.90. The molecule has 0 saturated carbocycles. The number of hydrogen-bond donors (Lipinski definition) is 0. The third-order valence-corrected chi connectivity index (χ3v) is 11.1. The van der Waals surface area contributed by atoms with Crippen LogP contribution in [0.1, 0.15) is 0 Å². The van der Waals surface area contributed by atoms with Gasteiger partial charge in [-0.3, -0.25) is 0 Å². The van der Waals surface area contributed by atoms with Gasteiger partial charge in [-0.05, 0) is 52.6 Å². The van der Waals surface area contributed by atoms with Crippen molar-refractivity contribution in [2.24, 2.45) is 0 Å². The summed E-state index contributed by atoms with van der Waals surface area (Å²) in [5.41, 5.74) is 13.3. The van der Waals surface area contributed by atoms with Crippen molar-refractivity contribution >= 4 is 31.6 Å². The van der Waals surface area contributed by atoms with Crippen molar-refractivity contribution in [3.05, 3.63) is 194 Å². The fourth-order valence-corrected chi connectivity index (χ4v) is 8.31. The van der Waals surface area contributed by atoms with E-state index in [0.29, 0.717) is 11.6 Å². The lowest BCUT2D eigenvalue weighted by molar-refractivity contribution is 1.18. The Bertz CT molecular complexity index is 2920. The highest BCUT2D eigenvalue weighted by Gasteiger charge is 2.17. The maximum atomic E-state index is 5.21. The Balaban J connectivity index is 1.03. The Kier molecular flexibility index (Phi) is 8.32. The summed E-state index contributed by atoms with van der Waals surface area (Å²) < 4.78 is 2.32. The first-order chi connectivity index (χ1) is 27.2. The smallest absolute Gasteiger partial charge is 0.160 e. The third kappa shape index (κ3) is 6.37. The minimum Gasteiger partial charge on any atom is -0.228 e. The second-order valence-corrected chi connectivity index (χ2v) is 14.5. The molecule has 0 aliphatic heterocycles. The normalized spacial score (nSPS) is 11.3. The Morgan fingerprint density at radius 2 is 0.727 bits per heavy atom. The maximum Gasteiger partial charge on any atom is 0.160 e. The molecule has 0 bridgehead atoms. The fourth-order valence-electron chi connectivity index (χ4n) is 7.16. The van der Waals surface area contributed by atoms with Gasteiger partial charge in [-0.2, -0.15) is 0 Å². The van der Waals surface area contributed by atoms with Gasteiger partial charge in [0.15, 0.2) is 11.6 Å². The number of nitrogens with zero attached hydrogens (tertiary/aromatic N) is 4. The Hall–Kier alpha value is -7.08. The van der Waals surface area contributed by atoms with E-state index in [4.69, 9.17) is 19.9 Å². The first kappa shape index (κ1) is 32.6. The van der Waals surface area contributed by atoms with E-state index in [1.54, 1.807) is 11.3 Å². The van der Waals surface area contributed by atoms with Crippen LogP contribution in [0.15, 0.2) is 194 Å². The summed E-state index contributed by atoms with van der Waals surface area (Å²) in [4.78, 5) is 20.6. The van der Waals surface area contributed by atoms with Crippen LogP contribution in [0.5, 0.6) is 0 Å². The molecule has 10 rings (SSSR count). The summed E-state index contributed by atoms with van der Waals surface area (Å²) in [5, 5.41) is 1.16. The summed E-state index contributed by atoms with van der Waals surface area (Å²) in [6.45, 7) is 0. The summed E-state index contributed by atoms with van der Waals surface area (Å²) >= 11 is 1.75. The molecule has 0 fully saturated rings. The van der Waals surface area contributed by atoms with Gasteiger partial charge >= 0.3 is 0 Å². The summed E-state index contributed by atoms with van der Waals surface area (Å²) in [7, 11) is 0. The molecule has 10 aromatic rings. The highest BCUT2D eigenvalue weighted by molar-refractivity contribution is 7.26. The van der Waals surface area contributed by atoms with Crippen LogP contribution in [0.2, 0.25) is 0 Å². The molecule has 3 heterocycles. The van der Waals surface area contributed by atoms with E-state index in [9.17, 15) is 0 Å². The molecule has 0 saturated heterocycles. The monoisotopic (exact) mass is 720 g/mol. The highest BCUT2D eigenvalue weighted by atomic mass is 32.1.